The number of carbonyl (C=O) groups excluding carboxylic acids is 2. The number of ether oxygens (including phenoxy) is 2. The number of anilines is 1. The van der Waals surface area contributed by atoms with E-state index in [1.54, 1.807) is 18.2 Å². The van der Waals surface area contributed by atoms with Gasteiger partial charge in [-0.1, -0.05) is 12.1 Å². The third kappa shape index (κ3) is 4.60. The Hall–Kier alpha value is -3.23. The monoisotopic (exact) mass is 434 g/mol. The van der Waals surface area contributed by atoms with E-state index in [4.69, 9.17) is 9.47 Å². The molecule has 9 heteroatoms. The highest BCUT2D eigenvalue weighted by molar-refractivity contribution is 5.98. The fourth-order valence-electron chi connectivity index (χ4n) is 3.81. The third-order valence-electron chi connectivity index (χ3n) is 5.45. The van der Waals surface area contributed by atoms with Gasteiger partial charge in [-0.05, 0) is 43.2 Å². The smallest absolute Gasteiger partial charge is 0.418 e. The Morgan fingerprint density at radius 2 is 1.65 bits per heavy atom. The summed E-state index contributed by atoms with van der Waals surface area (Å²) >= 11 is 0. The second-order valence-electron chi connectivity index (χ2n) is 7.46. The number of hydrogen-bond donors (Lipinski definition) is 1. The normalized spacial score (nSPS) is 16.7. The molecule has 1 saturated heterocycles. The number of Topliss-reactive ketones (excluding diaryl/α,β-unsaturated/α-hetero) is 1. The molecule has 0 aromatic heterocycles. The summed E-state index contributed by atoms with van der Waals surface area (Å²) in [5.41, 5.74) is -0.659. The molecule has 0 atom stereocenters. The van der Waals surface area contributed by atoms with E-state index in [0.29, 0.717) is 43.1 Å². The number of likely N-dealkylation sites (tertiary alicyclic amines) is 1. The molecule has 0 radical (unpaired) electrons. The fourth-order valence-corrected chi connectivity index (χ4v) is 3.81. The van der Waals surface area contributed by atoms with Gasteiger partial charge in [-0.15, -0.1) is 0 Å². The topological polar surface area (TPSA) is 67.9 Å². The number of piperidine rings is 1. The lowest BCUT2D eigenvalue weighted by atomic mass is 9.89. The SMILES string of the molecule is O=C(c1ccc2c(c1)OCCO2)C1CCN(C(=O)Nc2ccccc2C(F)(F)F)CC1. The number of urea groups is 1. The Labute approximate surface area is 176 Å². The minimum absolute atomic E-state index is 0.0422. The van der Waals surface area contributed by atoms with Gasteiger partial charge in [-0.25, -0.2) is 4.79 Å². The van der Waals surface area contributed by atoms with Gasteiger partial charge in [-0.3, -0.25) is 4.79 Å². The standard InChI is InChI=1S/C22H21F3N2O4/c23-22(24,25)16-3-1-2-4-17(16)26-21(29)27-9-7-14(8-10-27)20(28)15-5-6-18-19(13-15)31-12-11-30-18/h1-6,13-14H,7-12H2,(H,26,29). The minimum atomic E-state index is -4.56. The van der Waals surface area contributed by atoms with E-state index in [9.17, 15) is 22.8 Å². The van der Waals surface area contributed by atoms with Gasteiger partial charge < -0.3 is 19.7 Å². The molecule has 6 nitrogen and oxygen atoms in total. The lowest BCUT2D eigenvalue weighted by Gasteiger charge is -2.31. The summed E-state index contributed by atoms with van der Waals surface area (Å²) in [6, 6.07) is 9.32. The van der Waals surface area contributed by atoms with Gasteiger partial charge in [-0.2, -0.15) is 13.2 Å². The number of hydrogen-bond acceptors (Lipinski definition) is 4. The van der Waals surface area contributed by atoms with Crippen LogP contribution in [0.2, 0.25) is 0 Å². The third-order valence-corrected chi connectivity index (χ3v) is 5.45. The maximum absolute atomic E-state index is 13.1. The predicted molar refractivity (Wildman–Crippen MR) is 107 cm³/mol. The van der Waals surface area contributed by atoms with Crippen LogP contribution in [0.5, 0.6) is 11.5 Å². The lowest BCUT2D eigenvalue weighted by molar-refractivity contribution is -0.136. The van der Waals surface area contributed by atoms with Crippen LogP contribution in [0.25, 0.3) is 0 Å². The molecule has 2 aromatic rings. The minimum Gasteiger partial charge on any atom is -0.486 e. The molecule has 2 aromatic carbocycles. The van der Waals surface area contributed by atoms with Gasteiger partial charge in [0.05, 0.1) is 11.3 Å². The summed E-state index contributed by atoms with van der Waals surface area (Å²) in [5.74, 6) is 0.833. The summed E-state index contributed by atoms with van der Waals surface area (Å²) in [6.07, 6.45) is -3.70. The summed E-state index contributed by atoms with van der Waals surface area (Å²) in [4.78, 5) is 26.8. The number of amides is 2. The zero-order valence-electron chi connectivity index (χ0n) is 16.6. The Kier molecular flexibility index (Phi) is 5.75. The molecule has 2 aliphatic heterocycles. The molecule has 1 fully saturated rings. The number of fused-ring (bicyclic) bond motifs is 1. The van der Waals surface area contributed by atoms with E-state index in [0.717, 1.165) is 6.07 Å². The van der Waals surface area contributed by atoms with Crippen LogP contribution in [-0.4, -0.2) is 43.0 Å². The number of halogens is 3. The molecule has 0 spiro atoms. The van der Waals surface area contributed by atoms with Crippen molar-refractivity contribution in [2.24, 2.45) is 5.92 Å². The van der Waals surface area contributed by atoms with E-state index < -0.39 is 17.8 Å². The molecule has 1 N–H and O–H groups in total. The Balaban J connectivity index is 1.37. The van der Waals surface area contributed by atoms with Crippen LogP contribution in [0.3, 0.4) is 0 Å². The van der Waals surface area contributed by atoms with Crippen molar-refractivity contribution < 1.29 is 32.2 Å². The highest BCUT2D eigenvalue weighted by Gasteiger charge is 2.34. The average Bonchev–Trinajstić information content (AvgIpc) is 2.78. The van der Waals surface area contributed by atoms with Crippen LogP contribution in [0.4, 0.5) is 23.7 Å². The van der Waals surface area contributed by atoms with Crippen molar-refractivity contribution in [2.45, 2.75) is 19.0 Å². The van der Waals surface area contributed by atoms with Crippen LogP contribution in [0, 0.1) is 5.92 Å². The maximum Gasteiger partial charge on any atom is 0.418 e. The first-order chi connectivity index (χ1) is 14.8. The van der Waals surface area contributed by atoms with Gasteiger partial charge in [0.25, 0.3) is 0 Å². The van der Waals surface area contributed by atoms with Crippen LogP contribution in [0.1, 0.15) is 28.8 Å². The summed E-state index contributed by atoms with van der Waals surface area (Å²) in [7, 11) is 0. The average molecular weight is 434 g/mol. The first kappa shape index (κ1) is 21.0. The molecule has 2 amide bonds. The quantitative estimate of drug-likeness (QED) is 0.717. The summed E-state index contributed by atoms with van der Waals surface area (Å²) < 4.78 is 50.4. The number of alkyl halides is 3. The highest BCUT2D eigenvalue weighted by atomic mass is 19.4. The van der Waals surface area contributed by atoms with E-state index in [1.165, 1.54) is 23.1 Å². The molecule has 2 aliphatic rings. The number of nitrogens with one attached hydrogen (secondary N) is 1. The van der Waals surface area contributed by atoms with E-state index in [-0.39, 0.29) is 30.5 Å². The largest absolute Gasteiger partial charge is 0.486 e. The zero-order valence-corrected chi connectivity index (χ0v) is 16.6. The van der Waals surface area contributed by atoms with Crippen LogP contribution < -0.4 is 14.8 Å². The van der Waals surface area contributed by atoms with Crippen LogP contribution >= 0.6 is 0 Å². The molecule has 0 aliphatic carbocycles. The molecule has 31 heavy (non-hydrogen) atoms. The lowest BCUT2D eigenvalue weighted by Crippen LogP contribution is -2.42. The van der Waals surface area contributed by atoms with Crippen molar-refractivity contribution in [1.82, 2.24) is 4.90 Å². The molecule has 164 valence electrons. The second-order valence-corrected chi connectivity index (χ2v) is 7.46. The number of ketones is 1. The molecular formula is C22H21F3N2O4. The molecule has 0 bridgehead atoms. The molecule has 0 unspecified atom stereocenters. The maximum atomic E-state index is 13.1. The Morgan fingerprint density at radius 3 is 2.35 bits per heavy atom. The fraction of sp³-hybridized carbons (Fsp3) is 0.364. The van der Waals surface area contributed by atoms with E-state index >= 15 is 0 Å². The number of rotatable bonds is 3. The van der Waals surface area contributed by atoms with Crippen molar-refractivity contribution in [3.8, 4) is 11.5 Å². The van der Waals surface area contributed by atoms with Crippen molar-refractivity contribution in [1.29, 1.82) is 0 Å². The molecule has 0 saturated carbocycles. The second kappa shape index (κ2) is 8.49. The first-order valence-electron chi connectivity index (χ1n) is 9.99. The summed E-state index contributed by atoms with van der Waals surface area (Å²) in [6.45, 7) is 1.45. The Bertz CT molecular complexity index is 985. The van der Waals surface area contributed by atoms with Crippen molar-refractivity contribution >= 4 is 17.5 Å². The molecular weight excluding hydrogens is 413 g/mol. The summed E-state index contributed by atoms with van der Waals surface area (Å²) in [5, 5.41) is 2.35. The number of para-hydroxylation sites is 1. The predicted octanol–water partition coefficient (Wildman–Crippen LogP) is 4.60. The first-order valence-corrected chi connectivity index (χ1v) is 9.99. The zero-order chi connectivity index (χ0) is 22.0. The molecule has 4 rings (SSSR count). The van der Waals surface area contributed by atoms with E-state index in [2.05, 4.69) is 5.32 Å². The van der Waals surface area contributed by atoms with Gasteiger partial charge in [0, 0.05) is 24.6 Å². The van der Waals surface area contributed by atoms with Crippen molar-refractivity contribution in [3.05, 3.63) is 53.6 Å². The van der Waals surface area contributed by atoms with Gasteiger partial charge in [0.2, 0.25) is 0 Å². The van der Waals surface area contributed by atoms with Gasteiger partial charge in [0.15, 0.2) is 17.3 Å². The number of nitrogens with zero attached hydrogens (tertiary/aromatic N) is 1. The Morgan fingerprint density at radius 1 is 0.968 bits per heavy atom. The van der Waals surface area contributed by atoms with Crippen molar-refractivity contribution in [3.63, 3.8) is 0 Å². The highest BCUT2D eigenvalue weighted by Crippen LogP contribution is 2.35. The van der Waals surface area contributed by atoms with Gasteiger partial charge in [0.1, 0.15) is 13.2 Å². The molecule has 2 heterocycles. The van der Waals surface area contributed by atoms with Crippen LogP contribution in [-0.2, 0) is 6.18 Å². The van der Waals surface area contributed by atoms with Crippen molar-refractivity contribution in [2.75, 3.05) is 31.6 Å². The van der Waals surface area contributed by atoms with Crippen LogP contribution in [0.15, 0.2) is 42.5 Å². The van der Waals surface area contributed by atoms with E-state index in [1.807, 2.05) is 0 Å². The number of benzene rings is 2. The number of carbonyl (C=O) groups is 2. The van der Waals surface area contributed by atoms with Gasteiger partial charge >= 0.3 is 12.2 Å².